The molecule has 0 aliphatic carbocycles. The maximum absolute atomic E-state index is 4.66. The molecule has 1 heteroatoms. The number of nitrogens with zero attached hydrogens (tertiary/aromatic N) is 1. The molecule has 1 unspecified atom stereocenters. The van der Waals surface area contributed by atoms with Gasteiger partial charge in [0.2, 0.25) is 0 Å². The summed E-state index contributed by atoms with van der Waals surface area (Å²) in [5.74, 6) is 0.624. The average molecular weight is 181 g/mol. The molecule has 1 atom stereocenters. The summed E-state index contributed by atoms with van der Waals surface area (Å²) in [6.45, 7) is 13.0. The Morgan fingerprint density at radius 1 is 1.15 bits per heavy atom. The topological polar surface area (TPSA) is 12.4 Å². The zero-order chi connectivity index (χ0) is 10.4. The van der Waals surface area contributed by atoms with Crippen molar-refractivity contribution in [2.45, 2.75) is 54.4 Å². The Balaban J connectivity index is 4.67. The van der Waals surface area contributed by atoms with Crippen LogP contribution in [0.15, 0.2) is 16.3 Å². The van der Waals surface area contributed by atoms with Crippen LogP contribution >= 0.6 is 0 Å². The highest BCUT2D eigenvalue weighted by atomic mass is 14.8. The first kappa shape index (κ1) is 12.4. The van der Waals surface area contributed by atoms with E-state index in [1.54, 1.807) is 0 Å². The van der Waals surface area contributed by atoms with Crippen LogP contribution in [0, 0.1) is 5.92 Å². The third kappa shape index (κ3) is 4.25. The second kappa shape index (κ2) is 5.95. The van der Waals surface area contributed by atoms with Crippen molar-refractivity contribution >= 4 is 5.71 Å². The second-order valence-corrected chi connectivity index (χ2v) is 3.85. The first-order chi connectivity index (χ1) is 6.02. The Bertz CT molecular complexity index is 207. The van der Waals surface area contributed by atoms with E-state index in [4.69, 9.17) is 0 Å². The van der Waals surface area contributed by atoms with Crippen LogP contribution in [0.5, 0.6) is 0 Å². The minimum absolute atomic E-state index is 0.624. The van der Waals surface area contributed by atoms with E-state index >= 15 is 0 Å². The fourth-order valence-electron chi connectivity index (χ4n) is 1.10. The van der Waals surface area contributed by atoms with Crippen molar-refractivity contribution in [3.05, 3.63) is 11.3 Å². The lowest BCUT2D eigenvalue weighted by Gasteiger charge is -2.11. The van der Waals surface area contributed by atoms with Crippen LogP contribution in [0.25, 0.3) is 0 Å². The van der Waals surface area contributed by atoms with Crippen molar-refractivity contribution in [3.63, 3.8) is 0 Å². The zero-order valence-electron chi connectivity index (χ0n) is 9.94. The van der Waals surface area contributed by atoms with Gasteiger partial charge in [-0.1, -0.05) is 26.3 Å². The molecule has 0 bridgehead atoms. The Hall–Kier alpha value is -0.590. The van der Waals surface area contributed by atoms with Crippen LogP contribution in [0.2, 0.25) is 0 Å². The van der Waals surface area contributed by atoms with E-state index in [0.717, 1.165) is 6.42 Å². The largest absolute Gasteiger partial charge is 0.262 e. The van der Waals surface area contributed by atoms with Gasteiger partial charge in [-0.05, 0) is 39.5 Å². The molecular weight excluding hydrogens is 158 g/mol. The monoisotopic (exact) mass is 181 g/mol. The van der Waals surface area contributed by atoms with E-state index in [-0.39, 0.29) is 0 Å². The van der Waals surface area contributed by atoms with Gasteiger partial charge < -0.3 is 0 Å². The molecule has 0 saturated heterocycles. The number of allylic oxidation sites excluding steroid dienone is 2. The van der Waals surface area contributed by atoms with E-state index in [1.165, 1.54) is 23.4 Å². The normalized spacial score (nSPS) is 14.2. The Morgan fingerprint density at radius 3 is 2.00 bits per heavy atom. The zero-order valence-corrected chi connectivity index (χ0v) is 9.94. The Morgan fingerprint density at radius 2 is 1.69 bits per heavy atom. The van der Waals surface area contributed by atoms with Crippen LogP contribution < -0.4 is 0 Å². The molecule has 0 radical (unpaired) electrons. The van der Waals surface area contributed by atoms with Gasteiger partial charge in [0, 0.05) is 11.4 Å². The highest BCUT2D eigenvalue weighted by Crippen LogP contribution is 2.12. The molecule has 0 N–H and O–H groups in total. The average Bonchev–Trinajstić information content (AvgIpc) is 2.12. The fourth-order valence-corrected chi connectivity index (χ4v) is 1.10. The summed E-state index contributed by atoms with van der Waals surface area (Å²) in [5, 5.41) is 0. The molecule has 0 aliphatic rings. The first-order valence-corrected chi connectivity index (χ1v) is 5.24. The molecule has 0 aliphatic heterocycles. The summed E-state index contributed by atoms with van der Waals surface area (Å²) < 4.78 is 0. The van der Waals surface area contributed by atoms with Crippen LogP contribution in [0.4, 0.5) is 0 Å². The maximum atomic E-state index is 4.66. The Labute approximate surface area is 83.0 Å². The highest BCUT2D eigenvalue weighted by molar-refractivity contribution is 5.87. The van der Waals surface area contributed by atoms with E-state index in [1.807, 2.05) is 0 Å². The molecule has 0 aromatic carbocycles. The minimum atomic E-state index is 0.624. The summed E-state index contributed by atoms with van der Waals surface area (Å²) in [7, 11) is 0. The molecule has 0 rings (SSSR count). The van der Waals surface area contributed by atoms with Crippen molar-refractivity contribution in [3.8, 4) is 0 Å². The van der Waals surface area contributed by atoms with Gasteiger partial charge in [0.05, 0.1) is 0 Å². The lowest BCUT2D eigenvalue weighted by atomic mass is 10.0. The van der Waals surface area contributed by atoms with E-state index < -0.39 is 0 Å². The van der Waals surface area contributed by atoms with E-state index in [9.17, 15) is 0 Å². The van der Waals surface area contributed by atoms with Gasteiger partial charge in [-0.3, -0.25) is 4.99 Å². The van der Waals surface area contributed by atoms with Crippen molar-refractivity contribution in [1.82, 2.24) is 0 Å². The quantitative estimate of drug-likeness (QED) is 0.576. The van der Waals surface area contributed by atoms with Crippen LogP contribution in [-0.4, -0.2) is 5.71 Å². The molecule has 0 heterocycles. The van der Waals surface area contributed by atoms with Crippen molar-refractivity contribution in [2.24, 2.45) is 10.9 Å². The fraction of sp³-hybridized carbons (Fsp3) is 0.750. The van der Waals surface area contributed by atoms with Crippen molar-refractivity contribution < 1.29 is 0 Å². The molecule has 0 fully saturated rings. The van der Waals surface area contributed by atoms with Gasteiger partial charge in [0.15, 0.2) is 0 Å². The van der Waals surface area contributed by atoms with E-state index in [2.05, 4.69) is 46.5 Å². The Kier molecular flexibility index (Phi) is 5.68. The number of hydrogen-bond acceptors (Lipinski definition) is 1. The third-order valence-corrected chi connectivity index (χ3v) is 2.58. The molecule has 0 saturated carbocycles. The van der Waals surface area contributed by atoms with Crippen molar-refractivity contribution in [1.29, 1.82) is 0 Å². The van der Waals surface area contributed by atoms with E-state index in [0.29, 0.717) is 5.92 Å². The summed E-state index contributed by atoms with van der Waals surface area (Å²) in [5.41, 5.74) is 3.83. The smallest absolute Gasteiger partial charge is 0.0358 e. The molecular formula is C12H23N. The number of rotatable bonds is 4. The molecule has 76 valence electrons. The van der Waals surface area contributed by atoms with Crippen LogP contribution in [0.3, 0.4) is 0 Å². The van der Waals surface area contributed by atoms with Gasteiger partial charge in [0.25, 0.3) is 0 Å². The summed E-state index contributed by atoms with van der Waals surface area (Å²) in [4.78, 5) is 4.66. The number of hydrogen-bond donors (Lipinski definition) is 0. The maximum Gasteiger partial charge on any atom is 0.0358 e. The molecule has 0 amide bonds. The van der Waals surface area contributed by atoms with Gasteiger partial charge in [0.1, 0.15) is 0 Å². The predicted molar refractivity (Wildman–Crippen MR) is 61.2 cm³/mol. The highest BCUT2D eigenvalue weighted by Gasteiger charge is 2.05. The lowest BCUT2D eigenvalue weighted by molar-refractivity contribution is 0.723. The van der Waals surface area contributed by atoms with Gasteiger partial charge in [-0.15, -0.1) is 0 Å². The number of aliphatic imine (C=N–C) groups is 1. The van der Waals surface area contributed by atoms with Gasteiger partial charge in [-0.25, -0.2) is 0 Å². The van der Waals surface area contributed by atoms with Gasteiger partial charge in [-0.2, -0.15) is 0 Å². The minimum Gasteiger partial charge on any atom is -0.262 e. The predicted octanol–water partition coefficient (Wildman–Crippen LogP) is 4.20. The van der Waals surface area contributed by atoms with Crippen LogP contribution in [-0.2, 0) is 0 Å². The van der Waals surface area contributed by atoms with Crippen molar-refractivity contribution in [2.75, 3.05) is 0 Å². The molecule has 0 aromatic heterocycles. The van der Waals surface area contributed by atoms with Crippen LogP contribution in [0.1, 0.15) is 54.4 Å². The SMILES string of the molecule is CCC(=NC(C)=C(C)C)C(C)CC. The molecule has 0 aromatic rings. The second-order valence-electron chi connectivity index (χ2n) is 3.85. The molecule has 0 spiro atoms. The summed E-state index contributed by atoms with van der Waals surface area (Å²) >= 11 is 0. The standard InChI is InChI=1S/C12H23N/c1-7-10(5)12(8-2)13-11(6)9(3)4/h10H,7-8H2,1-6H3. The first-order valence-electron chi connectivity index (χ1n) is 5.24. The summed E-state index contributed by atoms with van der Waals surface area (Å²) in [6, 6.07) is 0. The molecule has 13 heavy (non-hydrogen) atoms. The van der Waals surface area contributed by atoms with Gasteiger partial charge >= 0.3 is 0 Å². The lowest BCUT2D eigenvalue weighted by Crippen LogP contribution is -2.09. The molecule has 1 nitrogen and oxygen atoms in total. The summed E-state index contributed by atoms with van der Waals surface area (Å²) in [6.07, 6.45) is 2.25. The third-order valence-electron chi connectivity index (χ3n) is 2.58.